The molecule has 0 unspecified atom stereocenters. The monoisotopic (exact) mass is 642 g/mol. The van der Waals surface area contributed by atoms with Gasteiger partial charge in [-0.15, -0.1) is 18.2 Å². The number of pyridine rings is 2. The molecule has 0 aliphatic rings. The number of fused-ring (bicyclic) bond motifs is 3. The van der Waals surface area contributed by atoms with Gasteiger partial charge in [0.25, 0.3) is 0 Å². The Balaban J connectivity index is 0.00000253. The Kier molecular flexibility index (Phi) is 6.14. The first-order chi connectivity index (χ1) is 16.7. The van der Waals surface area contributed by atoms with Crippen LogP contribution in [-0.4, -0.2) is 14.5 Å². The van der Waals surface area contributed by atoms with Gasteiger partial charge in [-0.1, -0.05) is 29.7 Å². The van der Waals surface area contributed by atoms with Crippen LogP contribution >= 0.6 is 0 Å². The molecule has 35 heavy (non-hydrogen) atoms. The van der Waals surface area contributed by atoms with Crippen molar-refractivity contribution >= 4 is 21.8 Å². The van der Waals surface area contributed by atoms with Crippen LogP contribution < -0.4 is 4.74 Å². The molecule has 0 aliphatic heterocycles. The van der Waals surface area contributed by atoms with Gasteiger partial charge in [-0.05, 0) is 23.0 Å². The average Bonchev–Trinajstić information content (AvgIpc) is 3.18. The van der Waals surface area contributed by atoms with Gasteiger partial charge >= 0.3 is 21.1 Å². The Morgan fingerprint density at radius 1 is 0.771 bits per heavy atom. The number of rotatable bonds is 4. The maximum Gasteiger partial charge on any atom is 2.00 e. The maximum absolute atomic E-state index is 14.8. The van der Waals surface area contributed by atoms with Crippen LogP contribution in [-0.2, 0) is 21.1 Å². The van der Waals surface area contributed by atoms with Crippen LogP contribution in [0.2, 0.25) is 0 Å². The molecule has 6 rings (SSSR count). The second kappa shape index (κ2) is 9.40. The van der Waals surface area contributed by atoms with Gasteiger partial charge in [0.1, 0.15) is 5.82 Å². The molecule has 3 aromatic heterocycles. The average molecular weight is 643 g/mol. The minimum absolute atomic E-state index is 0. The molecule has 0 atom stereocenters. The summed E-state index contributed by atoms with van der Waals surface area (Å²) in [5.74, 6) is -0.494. The van der Waals surface area contributed by atoms with Crippen molar-refractivity contribution in [1.82, 2.24) is 14.5 Å². The smallest absolute Gasteiger partial charge is 0.460 e. The van der Waals surface area contributed by atoms with E-state index < -0.39 is 11.6 Å². The summed E-state index contributed by atoms with van der Waals surface area (Å²) in [6.07, 6.45) is 2.66. The predicted molar refractivity (Wildman–Crippen MR) is 126 cm³/mol. The molecule has 3 heterocycles. The fourth-order valence-electron chi connectivity index (χ4n) is 4.03. The largest absolute Gasteiger partial charge is 2.00 e. The van der Waals surface area contributed by atoms with E-state index in [2.05, 4.69) is 22.1 Å². The van der Waals surface area contributed by atoms with Crippen LogP contribution in [0.25, 0.3) is 38.8 Å². The topological polar surface area (TPSA) is 39.9 Å². The van der Waals surface area contributed by atoms with Crippen molar-refractivity contribution in [3.63, 3.8) is 0 Å². The summed E-state index contributed by atoms with van der Waals surface area (Å²) in [5.41, 5.74) is 2.87. The minimum Gasteiger partial charge on any atom is -0.460 e. The molecule has 0 saturated heterocycles. The molecule has 0 fully saturated rings. The van der Waals surface area contributed by atoms with Crippen LogP contribution in [0.15, 0.2) is 91.3 Å². The van der Waals surface area contributed by atoms with Crippen molar-refractivity contribution in [1.29, 1.82) is 0 Å². The number of hydrogen-bond donors (Lipinski definition) is 0. The van der Waals surface area contributed by atoms with Gasteiger partial charge in [-0.2, -0.15) is 24.3 Å². The SMILES string of the molecule is Fc1cnc(-n2c3[c-]c(-c4[c-]c(Oc5ccccn5)ccc4)ccc3c3ccccc32)c(F)c1.[Pt+2]. The molecule has 0 aliphatic carbocycles. The molecular formula is C28H15F2N3OPt. The second-order valence-electron chi connectivity index (χ2n) is 7.64. The van der Waals surface area contributed by atoms with Crippen molar-refractivity contribution in [2.75, 3.05) is 0 Å². The molecule has 6 aromatic rings. The first-order valence-electron chi connectivity index (χ1n) is 10.6. The molecular weight excluding hydrogens is 627 g/mol. The molecule has 0 N–H and O–H groups in total. The number of aromatic nitrogens is 3. The molecule has 0 radical (unpaired) electrons. The summed E-state index contributed by atoms with van der Waals surface area (Å²) in [7, 11) is 0. The van der Waals surface area contributed by atoms with Crippen molar-refractivity contribution in [3.8, 4) is 28.6 Å². The van der Waals surface area contributed by atoms with Crippen molar-refractivity contribution in [2.45, 2.75) is 0 Å². The third-order valence-electron chi connectivity index (χ3n) is 5.49. The second-order valence-corrected chi connectivity index (χ2v) is 7.64. The molecule has 0 spiro atoms. The number of halogens is 2. The predicted octanol–water partition coefficient (Wildman–Crippen LogP) is 6.91. The fraction of sp³-hybridized carbons (Fsp3) is 0. The summed E-state index contributed by atoms with van der Waals surface area (Å²) in [4.78, 5) is 8.22. The van der Waals surface area contributed by atoms with E-state index in [1.54, 1.807) is 22.9 Å². The molecule has 4 nitrogen and oxygen atoms in total. The van der Waals surface area contributed by atoms with E-state index >= 15 is 0 Å². The molecule has 3 aromatic carbocycles. The summed E-state index contributed by atoms with van der Waals surface area (Å²) in [6, 6.07) is 30.0. The van der Waals surface area contributed by atoms with Gasteiger partial charge in [0.05, 0.1) is 6.20 Å². The van der Waals surface area contributed by atoms with E-state index in [4.69, 9.17) is 4.74 Å². The zero-order chi connectivity index (χ0) is 23.1. The number of nitrogens with zero attached hydrogens (tertiary/aromatic N) is 3. The number of benzene rings is 3. The quantitative estimate of drug-likeness (QED) is 0.196. The van der Waals surface area contributed by atoms with Crippen molar-refractivity contribution in [2.24, 2.45) is 0 Å². The first kappa shape index (κ1) is 22.9. The van der Waals surface area contributed by atoms with Gasteiger partial charge in [-0.25, -0.2) is 29.9 Å². The Morgan fingerprint density at radius 3 is 2.43 bits per heavy atom. The Hall–Kier alpha value is -3.89. The van der Waals surface area contributed by atoms with Gasteiger partial charge < -0.3 is 9.30 Å². The summed E-state index contributed by atoms with van der Waals surface area (Å²) < 4.78 is 35.8. The maximum atomic E-state index is 14.8. The van der Waals surface area contributed by atoms with Crippen LogP contribution in [0.1, 0.15) is 0 Å². The summed E-state index contributed by atoms with van der Waals surface area (Å²) in [6.45, 7) is 0. The Bertz CT molecular complexity index is 1670. The van der Waals surface area contributed by atoms with Gasteiger partial charge in [0.2, 0.25) is 5.88 Å². The van der Waals surface area contributed by atoms with Crippen LogP contribution in [0, 0.1) is 23.8 Å². The van der Waals surface area contributed by atoms with E-state index in [-0.39, 0.29) is 26.9 Å². The minimum atomic E-state index is -0.751. The van der Waals surface area contributed by atoms with E-state index in [1.165, 1.54) is 0 Å². The zero-order valence-electron chi connectivity index (χ0n) is 18.0. The zero-order valence-corrected chi connectivity index (χ0v) is 20.3. The number of hydrogen-bond acceptors (Lipinski definition) is 3. The Labute approximate surface area is 214 Å². The van der Waals surface area contributed by atoms with E-state index in [1.807, 2.05) is 60.7 Å². The number of ether oxygens (including phenoxy) is 1. The van der Waals surface area contributed by atoms with E-state index in [0.29, 0.717) is 17.1 Å². The van der Waals surface area contributed by atoms with Gasteiger partial charge in [0.15, 0.2) is 11.6 Å². The van der Waals surface area contributed by atoms with Crippen molar-refractivity contribution < 1.29 is 34.6 Å². The van der Waals surface area contributed by atoms with E-state index in [0.717, 1.165) is 39.7 Å². The number of para-hydroxylation sites is 1. The third kappa shape index (κ3) is 4.22. The first-order valence-corrected chi connectivity index (χ1v) is 10.6. The molecule has 7 heteroatoms. The fourth-order valence-corrected chi connectivity index (χ4v) is 4.03. The van der Waals surface area contributed by atoms with Gasteiger partial charge in [0, 0.05) is 29.6 Å². The van der Waals surface area contributed by atoms with Crippen LogP contribution in [0.3, 0.4) is 0 Å². The summed E-state index contributed by atoms with van der Waals surface area (Å²) in [5, 5.41) is 1.80. The molecule has 0 saturated carbocycles. The standard InChI is InChI=1S/C28H15F2N3O.Pt/c29-20-16-24(30)28(32-17-20)33-25-9-2-1-8-22(25)23-12-11-19(15-26(23)33)18-6-5-7-21(14-18)34-27-10-3-4-13-31-27;/h1-13,16-17H;/q-2;+2. The van der Waals surface area contributed by atoms with Crippen LogP contribution in [0.4, 0.5) is 8.78 Å². The van der Waals surface area contributed by atoms with Gasteiger partial charge in [-0.3, -0.25) is 0 Å². The Morgan fingerprint density at radius 2 is 1.60 bits per heavy atom. The summed E-state index contributed by atoms with van der Waals surface area (Å²) >= 11 is 0. The third-order valence-corrected chi connectivity index (χ3v) is 5.49. The van der Waals surface area contributed by atoms with Crippen molar-refractivity contribution in [3.05, 3.63) is 115 Å². The van der Waals surface area contributed by atoms with Crippen LogP contribution in [0.5, 0.6) is 11.6 Å². The normalized spacial score (nSPS) is 10.9. The van der Waals surface area contributed by atoms with E-state index in [9.17, 15) is 8.78 Å². The molecule has 0 amide bonds. The molecule has 0 bridgehead atoms. The molecule has 172 valence electrons.